The minimum absolute atomic E-state index is 0.0924. The second-order valence-electron chi connectivity index (χ2n) is 5.67. The monoisotopic (exact) mass is 325 g/mol. The molecule has 1 heterocycles. The topological polar surface area (TPSA) is 96.0 Å². The van der Waals surface area contributed by atoms with Gasteiger partial charge in [-0.3, -0.25) is 9.59 Å². The van der Waals surface area contributed by atoms with Crippen LogP contribution >= 0.6 is 0 Å². The lowest BCUT2D eigenvalue weighted by atomic mass is 10.2. The summed E-state index contributed by atoms with van der Waals surface area (Å²) < 4.78 is 0. The quantitative estimate of drug-likeness (QED) is 0.708. The van der Waals surface area contributed by atoms with E-state index in [4.69, 9.17) is 0 Å². The molecule has 24 heavy (non-hydrogen) atoms. The molecule has 7 nitrogen and oxygen atoms in total. The average Bonchev–Trinajstić information content (AvgIpc) is 3.43. The average molecular weight is 325 g/mol. The van der Waals surface area contributed by atoms with Crippen LogP contribution in [-0.4, -0.2) is 34.6 Å². The molecule has 1 fully saturated rings. The van der Waals surface area contributed by atoms with E-state index < -0.39 is 0 Å². The zero-order valence-electron chi connectivity index (χ0n) is 13.2. The zero-order valence-corrected chi connectivity index (χ0v) is 13.2. The largest absolute Gasteiger partial charge is 0.360 e. The van der Waals surface area contributed by atoms with E-state index in [1.807, 2.05) is 30.3 Å². The first-order chi connectivity index (χ1) is 11.7. The van der Waals surface area contributed by atoms with Gasteiger partial charge in [-0.1, -0.05) is 30.3 Å². The van der Waals surface area contributed by atoms with Gasteiger partial charge < -0.3 is 16.0 Å². The number of rotatable bonds is 7. The Morgan fingerprint density at radius 1 is 1.04 bits per heavy atom. The highest BCUT2D eigenvalue weighted by atomic mass is 16.2. The van der Waals surface area contributed by atoms with Crippen molar-refractivity contribution in [3.05, 3.63) is 53.7 Å². The van der Waals surface area contributed by atoms with Crippen molar-refractivity contribution in [2.45, 2.75) is 25.4 Å². The van der Waals surface area contributed by atoms with Gasteiger partial charge in [-0.2, -0.15) is 0 Å². The molecule has 124 valence electrons. The molecular weight excluding hydrogens is 306 g/mol. The third-order valence-corrected chi connectivity index (χ3v) is 3.57. The molecule has 0 bridgehead atoms. The van der Waals surface area contributed by atoms with Gasteiger partial charge in [0.05, 0.1) is 6.54 Å². The van der Waals surface area contributed by atoms with Gasteiger partial charge in [-0.25, -0.2) is 0 Å². The van der Waals surface area contributed by atoms with Crippen LogP contribution < -0.4 is 16.0 Å². The van der Waals surface area contributed by atoms with Crippen LogP contribution in [0.15, 0.2) is 42.5 Å². The Bertz CT molecular complexity index is 699. The minimum Gasteiger partial charge on any atom is -0.360 e. The van der Waals surface area contributed by atoms with Gasteiger partial charge in [-0.15, -0.1) is 10.2 Å². The van der Waals surface area contributed by atoms with Crippen molar-refractivity contribution in [1.82, 2.24) is 20.8 Å². The minimum atomic E-state index is -0.211. The molecule has 2 aromatic rings. The van der Waals surface area contributed by atoms with E-state index in [1.54, 1.807) is 12.1 Å². The molecule has 0 radical (unpaired) electrons. The molecular formula is C17H19N5O2. The Kier molecular flexibility index (Phi) is 5.00. The fourth-order valence-corrected chi connectivity index (χ4v) is 2.06. The van der Waals surface area contributed by atoms with Crippen molar-refractivity contribution in [3.8, 4) is 0 Å². The van der Waals surface area contributed by atoms with E-state index in [-0.39, 0.29) is 30.1 Å². The van der Waals surface area contributed by atoms with Crippen molar-refractivity contribution < 1.29 is 9.59 Å². The van der Waals surface area contributed by atoms with Crippen LogP contribution in [0.1, 0.15) is 28.9 Å². The maximum Gasteiger partial charge on any atom is 0.272 e. The van der Waals surface area contributed by atoms with Crippen molar-refractivity contribution in [3.63, 3.8) is 0 Å². The number of carbonyl (C=O) groups excluding carboxylic acids is 2. The molecule has 1 saturated carbocycles. The van der Waals surface area contributed by atoms with E-state index in [9.17, 15) is 9.59 Å². The summed E-state index contributed by atoms with van der Waals surface area (Å²) >= 11 is 0. The zero-order chi connectivity index (χ0) is 16.8. The van der Waals surface area contributed by atoms with Crippen molar-refractivity contribution in [2.24, 2.45) is 0 Å². The van der Waals surface area contributed by atoms with Crippen LogP contribution in [0.25, 0.3) is 0 Å². The predicted octanol–water partition coefficient (Wildman–Crippen LogP) is 1.10. The van der Waals surface area contributed by atoms with E-state index in [2.05, 4.69) is 26.1 Å². The third kappa shape index (κ3) is 4.77. The number of hydrogen-bond donors (Lipinski definition) is 3. The Morgan fingerprint density at radius 2 is 1.83 bits per heavy atom. The Morgan fingerprint density at radius 3 is 2.50 bits per heavy atom. The Labute approximate surface area is 139 Å². The fourth-order valence-electron chi connectivity index (χ4n) is 2.06. The summed E-state index contributed by atoms with van der Waals surface area (Å²) in [4.78, 5) is 23.6. The molecule has 1 aliphatic rings. The maximum absolute atomic E-state index is 11.8. The molecule has 3 rings (SSSR count). The molecule has 2 amide bonds. The number of amides is 2. The molecule has 7 heteroatoms. The highest BCUT2D eigenvalue weighted by molar-refractivity contribution is 5.92. The summed E-state index contributed by atoms with van der Waals surface area (Å²) in [5.74, 6) is 0.0983. The van der Waals surface area contributed by atoms with Gasteiger partial charge in [0.15, 0.2) is 5.69 Å². The summed E-state index contributed by atoms with van der Waals surface area (Å²) in [6.07, 6.45) is 2.05. The number of benzene rings is 1. The first kappa shape index (κ1) is 15.9. The van der Waals surface area contributed by atoms with Gasteiger partial charge in [0.2, 0.25) is 5.91 Å². The molecule has 0 atom stereocenters. The molecule has 1 aliphatic carbocycles. The Hall–Kier alpha value is -2.96. The van der Waals surface area contributed by atoms with Crippen LogP contribution in [0.4, 0.5) is 5.82 Å². The van der Waals surface area contributed by atoms with Gasteiger partial charge in [0.1, 0.15) is 5.82 Å². The number of hydrogen-bond acceptors (Lipinski definition) is 5. The summed E-state index contributed by atoms with van der Waals surface area (Å²) in [6, 6.07) is 13.2. The second-order valence-corrected chi connectivity index (χ2v) is 5.67. The van der Waals surface area contributed by atoms with Crippen LogP contribution in [0, 0.1) is 0 Å². The summed E-state index contributed by atoms with van der Waals surface area (Å²) in [5.41, 5.74) is 1.32. The Balaban J connectivity index is 1.42. The first-order valence-corrected chi connectivity index (χ1v) is 7.90. The molecule has 0 saturated heterocycles. The number of aromatic nitrogens is 2. The number of nitrogens with zero attached hydrogens (tertiary/aromatic N) is 2. The van der Waals surface area contributed by atoms with Crippen molar-refractivity contribution in [2.75, 3.05) is 11.9 Å². The van der Waals surface area contributed by atoms with Crippen LogP contribution in [0.2, 0.25) is 0 Å². The first-order valence-electron chi connectivity index (χ1n) is 7.90. The SMILES string of the molecule is O=C(CNc1ccc(C(=O)NC2CC2)nn1)NCc1ccccc1. The fraction of sp³-hybridized carbons (Fsp3) is 0.294. The lowest BCUT2D eigenvalue weighted by molar-refractivity contribution is -0.119. The lowest BCUT2D eigenvalue weighted by Gasteiger charge is -2.07. The number of nitrogens with one attached hydrogen (secondary N) is 3. The predicted molar refractivity (Wildman–Crippen MR) is 89.3 cm³/mol. The third-order valence-electron chi connectivity index (χ3n) is 3.57. The summed E-state index contributed by atoms with van der Waals surface area (Å²) in [7, 11) is 0. The van der Waals surface area contributed by atoms with E-state index in [0.717, 1.165) is 18.4 Å². The molecule has 3 N–H and O–H groups in total. The summed E-state index contributed by atoms with van der Waals surface area (Å²) in [5, 5.41) is 16.3. The van der Waals surface area contributed by atoms with E-state index in [1.165, 1.54) is 0 Å². The van der Waals surface area contributed by atoms with Crippen LogP contribution in [-0.2, 0) is 11.3 Å². The standard InChI is InChI=1S/C17H19N5O2/c23-16(19-10-12-4-2-1-3-5-12)11-18-15-9-8-14(21-22-15)17(24)20-13-6-7-13/h1-5,8-9,13H,6-7,10-11H2,(H,18,22)(H,19,23)(H,20,24). The molecule has 1 aromatic carbocycles. The highest BCUT2D eigenvalue weighted by Gasteiger charge is 2.24. The second kappa shape index (κ2) is 7.54. The van der Waals surface area contributed by atoms with E-state index in [0.29, 0.717) is 12.4 Å². The molecule has 0 aliphatic heterocycles. The summed E-state index contributed by atoms with van der Waals surface area (Å²) in [6.45, 7) is 0.572. The smallest absolute Gasteiger partial charge is 0.272 e. The van der Waals surface area contributed by atoms with Gasteiger partial charge in [0, 0.05) is 12.6 Å². The maximum atomic E-state index is 11.8. The lowest BCUT2D eigenvalue weighted by Crippen LogP contribution is -2.30. The van der Waals surface area contributed by atoms with Gasteiger partial charge >= 0.3 is 0 Å². The number of carbonyl (C=O) groups is 2. The highest BCUT2D eigenvalue weighted by Crippen LogP contribution is 2.19. The van der Waals surface area contributed by atoms with Gasteiger partial charge in [0.25, 0.3) is 5.91 Å². The van der Waals surface area contributed by atoms with Crippen molar-refractivity contribution in [1.29, 1.82) is 0 Å². The molecule has 0 spiro atoms. The van der Waals surface area contributed by atoms with E-state index >= 15 is 0 Å². The van der Waals surface area contributed by atoms with Crippen molar-refractivity contribution >= 4 is 17.6 Å². The van der Waals surface area contributed by atoms with Crippen LogP contribution in [0.3, 0.4) is 0 Å². The molecule has 0 unspecified atom stereocenters. The molecule has 1 aromatic heterocycles. The normalized spacial score (nSPS) is 13.2. The van der Waals surface area contributed by atoms with Crippen LogP contribution in [0.5, 0.6) is 0 Å². The number of anilines is 1. The van der Waals surface area contributed by atoms with Gasteiger partial charge in [-0.05, 0) is 30.5 Å².